The molecule has 15 heavy (non-hydrogen) atoms. The molecule has 0 fully saturated rings. The normalized spacial score (nSPS) is 13.7. The van der Waals surface area contributed by atoms with Crippen LogP contribution >= 0.6 is 0 Å². The van der Waals surface area contributed by atoms with Crippen LogP contribution in [0.15, 0.2) is 11.6 Å². The molecule has 0 aliphatic heterocycles. The number of carbonyl (C=O) groups excluding carboxylic acids is 1. The van der Waals surface area contributed by atoms with Crippen LogP contribution in [0.25, 0.3) is 0 Å². The van der Waals surface area contributed by atoms with E-state index in [1.165, 1.54) is 0 Å². The number of nitro groups is 1. The zero-order valence-electron chi connectivity index (χ0n) is 9.66. The van der Waals surface area contributed by atoms with Crippen LogP contribution in [0.2, 0.25) is 0 Å². The van der Waals surface area contributed by atoms with Gasteiger partial charge in [0.25, 0.3) is 0 Å². The fourth-order valence-corrected chi connectivity index (χ4v) is 1.41. The lowest BCUT2D eigenvalue weighted by atomic mass is 9.99. The first kappa shape index (κ1) is 13.8. The van der Waals surface area contributed by atoms with Gasteiger partial charge in [0.15, 0.2) is 5.78 Å². The first-order chi connectivity index (χ1) is 7.06. The van der Waals surface area contributed by atoms with Gasteiger partial charge in [-0.15, -0.1) is 0 Å². The molecule has 4 heteroatoms. The molecule has 0 heterocycles. The highest BCUT2D eigenvalue weighted by atomic mass is 16.6. The number of nitrogens with zero attached hydrogens (tertiary/aromatic N) is 1. The topological polar surface area (TPSA) is 60.2 Å². The van der Waals surface area contributed by atoms with Gasteiger partial charge in [-0.3, -0.25) is 14.9 Å². The molecule has 0 aromatic rings. The quantitative estimate of drug-likeness (QED) is 0.371. The average Bonchev–Trinajstić information content (AvgIpc) is 2.22. The molecule has 4 nitrogen and oxygen atoms in total. The van der Waals surface area contributed by atoms with Crippen molar-refractivity contribution in [1.82, 2.24) is 0 Å². The SMILES string of the molecule is CC/C=C(\CC(CC)[N+](=O)[O-])C(=O)CC. The first-order valence-corrected chi connectivity index (χ1v) is 5.42. The molecule has 0 aliphatic carbocycles. The van der Waals surface area contributed by atoms with E-state index in [0.29, 0.717) is 18.4 Å². The van der Waals surface area contributed by atoms with Crippen molar-refractivity contribution in [2.24, 2.45) is 0 Å². The molecule has 0 saturated heterocycles. The number of hydrogen-bond donors (Lipinski definition) is 0. The third kappa shape index (κ3) is 4.72. The van der Waals surface area contributed by atoms with Crippen LogP contribution in [-0.4, -0.2) is 16.7 Å². The summed E-state index contributed by atoms with van der Waals surface area (Å²) in [6.45, 7) is 5.47. The van der Waals surface area contributed by atoms with E-state index in [4.69, 9.17) is 0 Å². The third-order valence-electron chi connectivity index (χ3n) is 2.35. The van der Waals surface area contributed by atoms with Gasteiger partial charge < -0.3 is 0 Å². The molecule has 0 aliphatic rings. The molecular formula is C11H19NO3. The van der Waals surface area contributed by atoms with Crippen LogP contribution in [0, 0.1) is 10.1 Å². The Balaban J connectivity index is 4.60. The summed E-state index contributed by atoms with van der Waals surface area (Å²) < 4.78 is 0. The van der Waals surface area contributed by atoms with Gasteiger partial charge in [0.1, 0.15) is 0 Å². The van der Waals surface area contributed by atoms with Crippen molar-refractivity contribution < 1.29 is 9.72 Å². The molecule has 0 rings (SSSR count). The van der Waals surface area contributed by atoms with E-state index >= 15 is 0 Å². The van der Waals surface area contributed by atoms with Crippen molar-refractivity contribution in [1.29, 1.82) is 0 Å². The first-order valence-electron chi connectivity index (χ1n) is 5.42. The van der Waals surface area contributed by atoms with Gasteiger partial charge in [0.05, 0.1) is 0 Å². The van der Waals surface area contributed by atoms with Gasteiger partial charge in [-0.2, -0.15) is 0 Å². The molecule has 0 N–H and O–H groups in total. The van der Waals surface area contributed by atoms with Gasteiger partial charge in [-0.1, -0.05) is 26.8 Å². The Hall–Kier alpha value is -1.19. The number of Topliss-reactive ketones (excluding diaryl/α,β-unsaturated/α-hetero) is 1. The lowest BCUT2D eigenvalue weighted by Crippen LogP contribution is -2.21. The van der Waals surface area contributed by atoms with Crippen molar-refractivity contribution >= 4 is 5.78 Å². The molecule has 0 aromatic carbocycles. The standard InChI is InChI=1S/C11H19NO3/c1-4-7-9(11(13)6-3)8-10(5-2)12(14)15/h7,10H,4-6,8H2,1-3H3/b9-7+. The predicted molar refractivity (Wildman–Crippen MR) is 59.4 cm³/mol. The van der Waals surface area contributed by atoms with Gasteiger partial charge in [-0.05, 0) is 12.0 Å². The Bertz CT molecular complexity index is 259. The van der Waals surface area contributed by atoms with Crippen LogP contribution in [0.3, 0.4) is 0 Å². The molecule has 1 unspecified atom stereocenters. The summed E-state index contributed by atoms with van der Waals surface area (Å²) in [5, 5.41) is 10.6. The minimum atomic E-state index is -0.627. The fourth-order valence-electron chi connectivity index (χ4n) is 1.41. The minimum Gasteiger partial charge on any atom is -0.295 e. The molecule has 0 saturated carbocycles. The number of ketones is 1. The molecule has 1 atom stereocenters. The van der Waals surface area contributed by atoms with E-state index < -0.39 is 6.04 Å². The predicted octanol–water partition coefficient (Wildman–Crippen LogP) is 2.75. The van der Waals surface area contributed by atoms with Crippen LogP contribution in [0.5, 0.6) is 0 Å². The molecule has 0 aromatic heterocycles. The van der Waals surface area contributed by atoms with Gasteiger partial charge in [-0.25, -0.2) is 0 Å². The van der Waals surface area contributed by atoms with Gasteiger partial charge in [0.2, 0.25) is 6.04 Å². The highest BCUT2D eigenvalue weighted by Gasteiger charge is 2.21. The fraction of sp³-hybridized carbons (Fsp3) is 0.727. The third-order valence-corrected chi connectivity index (χ3v) is 2.35. The van der Waals surface area contributed by atoms with E-state index in [9.17, 15) is 14.9 Å². The lowest BCUT2D eigenvalue weighted by molar-refractivity contribution is -0.522. The Morgan fingerprint density at radius 3 is 2.33 bits per heavy atom. The number of allylic oxidation sites excluding steroid dienone is 1. The number of carbonyl (C=O) groups is 1. The van der Waals surface area contributed by atoms with Crippen molar-refractivity contribution in [3.05, 3.63) is 21.8 Å². The maximum absolute atomic E-state index is 11.5. The zero-order chi connectivity index (χ0) is 11.8. The molecular weight excluding hydrogens is 194 g/mol. The zero-order valence-corrected chi connectivity index (χ0v) is 9.66. The summed E-state index contributed by atoms with van der Waals surface area (Å²) in [4.78, 5) is 21.8. The van der Waals surface area contributed by atoms with E-state index in [0.717, 1.165) is 6.42 Å². The van der Waals surface area contributed by atoms with Gasteiger partial charge >= 0.3 is 0 Å². The Morgan fingerprint density at radius 2 is 2.00 bits per heavy atom. The van der Waals surface area contributed by atoms with Crippen molar-refractivity contribution in [3.8, 4) is 0 Å². The highest BCUT2D eigenvalue weighted by Crippen LogP contribution is 2.14. The van der Waals surface area contributed by atoms with E-state index in [1.54, 1.807) is 19.9 Å². The lowest BCUT2D eigenvalue weighted by Gasteiger charge is -2.09. The monoisotopic (exact) mass is 213 g/mol. The van der Waals surface area contributed by atoms with Crippen molar-refractivity contribution in [2.75, 3.05) is 0 Å². The summed E-state index contributed by atoms with van der Waals surface area (Å²) in [6.07, 6.45) is 3.70. The minimum absolute atomic E-state index is 0.0251. The number of rotatable bonds is 7. The summed E-state index contributed by atoms with van der Waals surface area (Å²) in [7, 11) is 0. The van der Waals surface area contributed by atoms with E-state index in [-0.39, 0.29) is 17.1 Å². The van der Waals surface area contributed by atoms with Crippen LogP contribution in [-0.2, 0) is 4.79 Å². The summed E-state index contributed by atoms with van der Waals surface area (Å²) in [5.41, 5.74) is 0.614. The Morgan fingerprint density at radius 1 is 1.40 bits per heavy atom. The van der Waals surface area contributed by atoms with E-state index in [2.05, 4.69) is 0 Å². The Kier molecular flexibility index (Phi) is 6.58. The van der Waals surface area contributed by atoms with Crippen molar-refractivity contribution in [3.63, 3.8) is 0 Å². The maximum Gasteiger partial charge on any atom is 0.217 e. The summed E-state index contributed by atoms with van der Waals surface area (Å²) in [6, 6.07) is -0.627. The van der Waals surface area contributed by atoms with Crippen molar-refractivity contribution in [2.45, 2.75) is 52.5 Å². The largest absolute Gasteiger partial charge is 0.295 e. The molecule has 0 bridgehead atoms. The van der Waals surface area contributed by atoms with Crippen LogP contribution in [0.1, 0.15) is 46.5 Å². The van der Waals surface area contributed by atoms with Gasteiger partial charge in [0, 0.05) is 24.2 Å². The Labute approximate surface area is 90.5 Å². The maximum atomic E-state index is 11.5. The second-order valence-electron chi connectivity index (χ2n) is 3.47. The second kappa shape index (κ2) is 7.15. The summed E-state index contributed by atoms with van der Waals surface area (Å²) >= 11 is 0. The molecule has 0 radical (unpaired) electrons. The number of hydrogen-bond acceptors (Lipinski definition) is 3. The van der Waals surface area contributed by atoms with E-state index in [1.807, 2.05) is 6.92 Å². The molecule has 0 spiro atoms. The summed E-state index contributed by atoms with van der Waals surface area (Å²) in [5.74, 6) is 0.0251. The smallest absolute Gasteiger partial charge is 0.217 e. The second-order valence-corrected chi connectivity index (χ2v) is 3.47. The van der Waals surface area contributed by atoms with Crippen LogP contribution in [0.4, 0.5) is 0 Å². The molecule has 86 valence electrons. The molecule has 0 amide bonds. The highest BCUT2D eigenvalue weighted by molar-refractivity contribution is 5.95. The average molecular weight is 213 g/mol. The van der Waals surface area contributed by atoms with Crippen LogP contribution < -0.4 is 0 Å².